The fourth-order valence-electron chi connectivity index (χ4n) is 0.876. The molecule has 3 nitrogen and oxygen atoms in total. The average molecular weight is 332 g/mol. The van der Waals surface area contributed by atoms with E-state index in [0.29, 0.717) is 16.5 Å². The van der Waals surface area contributed by atoms with Crippen molar-refractivity contribution in [1.82, 2.24) is 0 Å². The van der Waals surface area contributed by atoms with E-state index in [1.165, 1.54) is 0 Å². The number of halogens is 1. The van der Waals surface area contributed by atoms with E-state index >= 15 is 0 Å². The van der Waals surface area contributed by atoms with Crippen LogP contribution in [0.2, 0.25) is 0 Å². The van der Waals surface area contributed by atoms with Gasteiger partial charge < -0.3 is 9.05 Å². The van der Waals surface area contributed by atoms with Crippen LogP contribution >= 0.6 is 30.2 Å². The van der Waals surface area contributed by atoms with Gasteiger partial charge in [-0.2, -0.15) is 0 Å². The van der Waals surface area contributed by atoms with Gasteiger partial charge in [-0.25, -0.2) is 0 Å². The molecular formula is C9H18IO3P. The molecule has 0 aromatic carbocycles. The van der Waals surface area contributed by atoms with Gasteiger partial charge in [-0.1, -0.05) is 19.4 Å². The smallest absolute Gasteiger partial charge is 0.305 e. The lowest BCUT2D eigenvalue weighted by molar-refractivity contribution is 0.228. The number of hydrogen-bond donors (Lipinski definition) is 0. The molecule has 0 saturated carbocycles. The normalized spacial score (nSPS) is 13.3. The van der Waals surface area contributed by atoms with E-state index < -0.39 is 7.60 Å². The van der Waals surface area contributed by atoms with Crippen molar-refractivity contribution in [1.29, 1.82) is 0 Å². The SMILES string of the molecule is CCC/C=C(/I)P(=O)(OCC)OCC. The van der Waals surface area contributed by atoms with Crippen molar-refractivity contribution in [2.75, 3.05) is 13.2 Å². The third-order valence-corrected chi connectivity index (χ3v) is 5.58. The molecule has 0 aromatic rings. The highest BCUT2D eigenvalue weighted by atomic mass is 127. The maximum absolute atomic E-state index is 12.1. The second kappa shape index (κ2) is 7.85. The Kier molecular flexibility index (Phi) is 8.20. The quantitative estimate of drug-likeness (QED) is 0.514. The summed E-state index contributed by atoms with van der Waals surface area (Å²) in [6, 6.07) is 0. The number of hydrogen-bond acceptors (Lipinski definition) is 3. The lowest BCUT2D eigenvalue weighted by Crippen LogP contribution is -1.95. The number of allylic oxidation sites excluding steroid dienone is 1. The van der Waals surface area contributed by atoms with E-state index in [1.54, 1.807) is 0 Å². The molecule has 0 unspecified atom stereocenters. The summed E-state index contributed by atoms with van der Waals surface area (Å²) in [6.45, 7) is 6.52. The van der Waals surface area contributed by atoms with Crippen LogP contribution in [0, 0.1) is 0 Å². The first-order valence-corrected chi connectivity index (χ1v) is 7.48. The molecule has 0 aromatic heterocycles. The molecule has 0 heterocycles. The van der Waals surface area contributed by atoms with Crippen LogP contribution in [-0.2, 0) is 13.6 Å². The maximum Gasteiger partial charge on any atom is 0.367 e. The molecule has 0 saturated heterocycles. The highest BCUT2D eigenvalue weighted by Gasteiger charge is 2.27. The predicted octanol–water partition coefficient (Wildman–Crippen LogP) is 4.33. The second-order valence-corrected chi connectivity index (χ2v) is 6.66. The van der Waals surface area contributed by atoms with E-state index in [1.807, 2.05) is 42.5 Å². The van der Waals surface area contributed by atoms with Crippen molar-refractivity contribution in [2.24, 2.45) is 0 Å². The minimum absolute atomic E-state index is 0.406. The van der Waals surface area contributed by atoms with Gasteiger partial charge in [0, 0.05) is 0 Å². The van der Waals surface area contributed by atoms with Gasteiger partial charge >= 0.3 is 7.60 Å². The van der Waals surface area contributed by atoms with E-state index in [9.17, 15) is 4.57 Å². The largest absolute Gasteiger partial charge is 0.367 e. The van der Waals surface area contributed by atoms with Crippen molar-refractivity contribution in [3.05, 3.63) is 9.40 Å². The van der Waals surface area contributed by atoms with Gasteiger partial charge in [-0.3, -0.25) is 4.57 Å². The molecule has 0 spiro atoms. The average Bonchev–Trinajstić information content (AvgIpc) is 2.15. The molecule has 0 radical (unpaired) electrons. The maximum atomic E-state index is 12.1. The van der Waals surface area contributed by atoms with Gasteiger partial charge in [-0.15, -0.1) is 0 Å². The van der Waals surface area contributed by atoms with E-state index in [0.717, 1.165) is 12.8 Å². The molecule has 14 heavy (non-hydrogen) atoms. The zero-order chi connectivity index (χ0) is 11.0. The summed E-state index contributed by atoms with van der Waals surface area (Å²) in [4.78, 5) is 0. The van der Waals surface area contributed by atoms with Gasteiger partial charge in [0.05, 0.1) is 16.5 Å². The summed E-state index contributed by atoms with van der Waals surface area (Å²) in [5.41, 5.74) is 0. The van der Waals surface area contributed by atoms with E-state index in [4.69, 9.17) is 9.05 Å². The summed E-state index contributed by atoms with van der Waals surface area (Å²) < 4.78 is 23.2. The minimum atomic E-state index is -2.99. The first kappa shape index (κ1) is 14.6. The summed E-state index contributed by atoms with van der Waals surface area (Å²) in [5, 5.41) is 0. The fraction of sp³-hybridized carbons (Fsp3) is 0.778. The first-order chi connectivity index (χ1) is 6.60. The van der Waals surface area contributed by atoms with Gasteiger partial charge in [-0.05, 0) is 42.9 Å². The number of unbranched alkanes of at least 4 members (excludes halogenated alkanes) is 1. The van der Waals surface area contributed by atoms with Crippen LogP contribution in [0.3, 0.4) is 0 Å². The topological polar surface area (TPSA) is 35.5 Å². The Hall–Kier alpha value is 0.620. The molecule has 0 bridgehead atoms. The van der Waals surface area contributed by atoms with Crippen LogP contribution in [0.25, 0.3) is 0 Å². The third-order valence-electron chi connectivity index (χ3n) is 1.46. The van der Waals surface area contributed by atoms with Crippen LogP contribution in [0.4, 0.5) is 0 Å². The van der Waals surface area contributed by atoms with Crippen molar-refractivity contribution in [3.8, 4) is 0 Å². The highest BCUT2D eigenvalue weighted by molar-refractivity contribution is 14.1. The van der Waals surface area contributed by atoms with Crippen LogP contribution in [0.15, 0.2) is 9.40 Å². The highest BCUT2D eigenvalue weighted by Crippen LogP contribution is 2.58. The van der Waals surface area contributed by atoms with Gasteiger partial charge in [0.1, 0.15) is 0 Å². The summed E-state index contributed by atoms with van der Waals surface area (Å²) in [6.07, 6.45) is 3.86. The molecular weight excluding hydrogens is 314 g/mol. The molecule has 0 aliphatic rings. The lowest BCUT2D eigenvalue weighted by Gasteiger charge is -2.16. The van der Waals surface area contributed by atoms with E-state index in [2.05, 4.69) is 6.92 Å². The molecule has 84 valence electrons. The Morgan fingerprint density at radius 3 is 2.14 bits per heavy atom. The van der Waals surface area contributed by atoms with Crippen LogP contribution in [-0.4, -0.2) is 13.2 Å². The van der Waals surface area contributed by atoms with Crippen molar-refractivity contribution >= 4 is 30.2 Å². The molecule has 0 aliphatic heterocycles. The Labute approximate surface area is 99.9 Å². The summed E-state index contributed by atoms with van der Waals surface area (Å²) in [5.74, 6) is 0. The molecule has 0 fully saturated rings. The van der Waals surface area contributed by atoms with Gasteiger partial charge in [0.2, 0.25) is 0 Å². The fourth-order valence-corrected chi connectivity index (χ4v) is 3.38. The molecule has 0 aliphatic carbocycles. The Balaban J connectivity index is 4.54. The predicted molar refractivity (Wildman–Crippen MR) is 67.9 cm³/mol. The second-order valence-electron chi connectivity index (χ2n) is 2.65. The Morgan fingerprint density at radius 1 is 1.29 bits per heavy atom. The van der Waals surface area contributed by atoms with Crippen LogP contribution in [0.5, 0.6) is 0 Å². The Bertz CT molecular complexity index is 218. The summed E-state index contributed by atoms with van der Waals surface area (Å²) in [7, 11) is -2.99. The zero-order valence-electron chi connectivity index (χ0n) is 8.96. The van der Waals surface area contributed by atoms with Gasteiger partial charge in [0.25, 0.3) is 0 Å². The molecule has 5 heteroatoms. The third kappa shape index (κ3) is 4.91. The lowest BCUT2D eigenvalue weighted by atomic mass is 10.3. The zero-order valence-corrected chi connectivity index (χ0v) is 12.0. The minimum Gasteiger partial charge on any atom is -0.305 e. The van der Waals surface area contributed by atoms with Crippen molar-refractivity contribution in [3.63, 3.8) is 0 Å². The van der Waals surface area contributed by atoms with Crippen LogP contribution < -0.4 is 0 Å². The Morgan fingerprint density at radius 2 is 1.79 bits per heavy atom. The van der Waals surface area contributed by atoms with Gasteiger partial charge in [0.15, 0.2) is 0 Å². The number of rotatable bonds is 7. The molecule has 0 atom stereocenters. The van der Waals surface area contributed by atoms with Crippen molar-refractivity contribution < 1.29 is 13.6 Å². The first-order valence-electron chi connectivity index (χ1n) is 4.86. The monoisotopic (exact) mass is 332 g/mol. The molecule has 0 N–H and O–H groups in total. The summed E-state index contributed by atoms with van der Waals surface area (Å²) >= 11 is 2.04. The molecule has 0 amide bonds. The molecule has 0 rings (SSSR count). The standard InChI is InChI=1S/C9H18IO3P/c1-4-7-8-9(10)14(11,12-5-2)13-6-3/h8H,4-7H2,1-3H3/b9-8-. The van der Waals surface area contributed by atoms with Crippen LogP contribution in [0.1, 0.15) is 33.6 Å². The van der Waals surface area contributed by atoms with E-state index in [-0.39, 0.29) is 0 Å². The van der Waals surface area contributed by atoms with Crippen molar-refractivity contribution in [2.45, 2.75) is 33.6 Å².